The summed E-state index contributed by atoms with van der Waals surface area (Å²) in [4.78, 5) is 14.3. The second-order valence-electron chi connectivity index (χ2n) is 8.71. The number of para-hydroxylation sites is 2. The van der Waals surface area contributed by atoms with Crippen molar-refractivity contribution in [1.29, 1.82) is 0 Å². The van der Waals surface area contributed by atoms with Crippen molar-refractivity contribution in [3.63, 3.8) is 0 Å². The van der Waals surface area contributed by atoms with Gasteiger partial charge < -0.3 is 4.74 Å². The van der Waals surface area contributed by atoms with E-state index in [1.165, 1.54) is 12.0 Å². The Morgan fingerprint density at radius 3 is 2.61 bits per heavy atom. The standard InChI is InChI=1S/C25H24N4O2/c1-31-20-12-6-5-11-19(20)29-23(30)21-22(28-16-26-27-24(28)29)18-10-4-3-9-17(18)15-25(21)13-7-2-8-14-25/h3-6,9-12,16H,2,7-8,13-15H2,1H3. The largest absolute Gasteiger partial charge is 0.495 e. The summed E-state index contributed by atoms with van der Waals surface area (Å²) in [6, 6.07) is 16.1. The van der Waals surface area contributed by atoms with Crippen LogP contribution in [0.1, 0.15) is 43.2 Å². The summed E-state index contributed by atoms with van der Waals surface area (Å²) in [5, 5.41) is 8.58. The van der Waals surface area contributed by atoms with Gasteiger partial charge in [0.1, 0.15) is 12.1 Å². The summed E-state index contributed by atoms with van der Waals surface area (Å²) in [5.41, 5.74) is 4.83. The highest BCUT2D eigenvalue weighted by molar-refractivity contribution is 5.74. The minimum atomic E-state index is -0.152. The molecule has 0 N–H and O–H groups in total. The van der Waals surface area contributed by atoms with Crippen molar-refractivity contribution in [2.45, 2.75) is 43.9 Å². The second-order valence-corrected chi connectivity index (χ2v) is 8.71. The van der Waals surface area contributed by atoms with E-state index in [1.807, 2.05) is 34.7 Å². The summed E-state index contributed by atoms with van der Waals surface area (Å²) in [6.07, 6.45) is 8.23. The van der Waals surface area contributed by atoms with Gasteiger partial charge in [0.05, 0.1) is 18.5 Å². The van der Waals surface area contributed by atoms with Gasteiger partial charge in [0.25, 0.3) is 5.56 Å². The second kappa shape index (κ2) is 6.80. The van der Waals surface area contributed by atoms with E-state index in [2.05, 4.69) is 28.4 Å². The number of nitrogens with zero attached hydrogens (tertiary/aromatic N) is 4. The molecule has 6 rings (SSSR count). The summed E-state index contributed by atoms with van der Waals surface area (Å²) in [5.74, 6) is 1.15. The molecule has 2 aliphatic carbocycles. The predicted octanol–water partition coefficient (Wildman–Crippen LogP) is 4.31. The molecule has 0 atom stereocenters. The first-order valence-electron chi connectivity index (χ1n) is 10.9. The van der Waals surface area contributed by atoms with Gasteiger partial charge in [-0.05, 0) is 37.0 Å². The molecule has 2 heterocycles. The normalized spacial score (nSPS) is 16.8. The monoisotopic (exact) mass is 412 g/mol. The van der Waals surface area contributed by atoms with Gasteiger partial charge in [-0.1, -0.05) is 55.7 Å². The van der Waals surface area contributed by atoms with Crippen LogP contribution in [-0.4, -0.2) is 26.3 Å². The van der Waals surface area contributed by atoms with E-state index in [0.717, 1.165) is 48.9 Å². The molecule has 31 heavy (non-hydrogen) atoms. The Balaban J connectivity index is 1.78. The third-order valence-corrected chi connectivity index (χ3v) is 7.09. The number of methoxy groups -OCH3 is 1. The van der Waals surface area contributed by atoms with Crippen molar-refractivity contribution in [1.82, 2.24) is 19.2 Å². The quantitative estimate of drug-likeness (QED) is 0.492. The molecule has 1 spiro atoms. The van der Waals surface area contributed by atoms with Gasteiger partial charge in [0.2, 0.25) is 5.78 Å². The Hall–Kier alpha value is -3.41. The Bertz CT molecular complexity index is 1360. The summed E-state index contributed by atoms with van der Waals surface area (Å²) in [7, 11) is 1.63. The lowest BCUT2D eigenvalue weighted by atomic mass is 9.62. The van der Waals surface area contributed by atoms with E-state index in [-0.39, 0.29) is 11.0 Å². The highest BCUT2D eigenvalue weighted by Crippen LogP contribution is 2.49. The molecular formula is C25H24N4O2. The van der Waals surface area contributed by atoms with Crippen LogP contribution in [0.2, 0.25) is 0 Å². The SMILES string of the molecule is COc1ccccc1-n1c(=O)c2c(n3cnnc13)-c1ccccc1CC21CCCCC1. The molecule has 4 aromatic rings. The molecule has 0 radical (unpaired) electrons. The smallest absolute Gasteiger partial charge is 0.264 e. The van der Waals surface area contributed by atoms with Gasteiger partial charge in [-0.15, -0.1) is 10.2 Å². The lowest BCUT2D eigenvalue weighted by Crippen LogP contribution is -2.43. The molecular weight excluding hydrogens is 388 g/mol. The van der Waals surface area contributed by atoms with Gasteiger partial charge in [0.15, 0.2) is 0 Å². The van der Waals surface area contributed by atoms with E-state index in [9.17, 15) is 4.79 Å². The van der Waals surface area contributed by atoms with Crippen LogP contribution in [0.25, 0.3) is 22.7 Å². The number of benzene rings is 2. The van der Waals surface area contributed by atoms with Gasteiger partial charge in [0, 0.05) is 16.5 Å². The van der Waals surface area contributed by atoms with Gasteiger partial charge in [-0.25, -0.2) is 4.57 Å². The average molecular weight is 412 g/mol. The fourth-order valence-electron chi connectivity index (χ4n) is 5.75. The van der Waals surface area contributed by atoms with Crippen molar-refractivity contribution in [3.8, 4) is 22.7 Å². The van der Waals surface area contributed by atoms with Crippen molar-refractivity contribution >= 4 is 5.78 Å². The molecule has 1 saturated carbocycles. The zero-order valence-electron chi connectivity index (χ0n) is 17.5. The van der Waals surface area contributed by atoms with Crippen LogP contribution in [-0.2, 0) is 11.8 Å². The molecule has 0 bridgehead atoms. The first-order chi connectivity index (χ1) is 15.2. The Morgan fingerprint density at radius 1 is 1.00 bits per heavy atom. The third-order valence-electron chi connectivity index (χ3n) is 7.09. The fourth-order valence-corrected chi connectivity index (χ4v) is 5.75. The van der Waals surface area contributed by atoms with E-state index >= 15 is 0 Å². The molecule has 6 nitrogen and oxygen atoms in total. The van der Waals surface area contributed by atoms with Crippen LogP contribution in [0.3, 0.4) is 0 Å². The van der Waals surface area contributed by atoms with Crippen molar-refractivity contribution in [3.05, 3.63) is 76.3 Å². The Kier molecular flexibility index (Phi) is 4.03. The molecule has 2 aromatic heterocycles. The molecule has 2 aliphatic rings. The Morgan fingerprint density at radius 2 is 1.77 bits per heavy atom. The first-order valence-corrected chi connectivity index (χ1v) is 10.9. The highest BCUT2D eigenvalue weighted by atomic mass is 16.5. The van der Waals surface area contributed by atoms with Crippen LogP contribution in [0.4, 0.5) is 0 Å². The van der Waals surface area contributed by atoms with E-state index < -0.39 is 0 Å². The maximum Gasteiger partial charge on any atom is 0.264 e. The zero-order chi connectivity index (χ0) is 21.0. The van der Waals surface area contributed by atoms with Gasteiger partial charge in [-0.2, -0.15) is 0 Å². The van der Waals surface area contributed by atoms with Crippen LogP contribution in [0.5, 0.6) is 5.75 Å². The fraction of sp³-hybridized carbons (Fsp3) is 0.320. The minimum absolute atomic E-state index is 0.00333. The van der Waals surface area contributed by atoms with E-state index in [0.29, 0.717) is 17.2 Å². The minimum Gasteiger partial charge on any atom is -0.495 e. The number of aromatic nitrogens is 4. The van der Waals surface area contributed by atoms with Crippen LogP contribution in [0, 0.1) is 0 Å². The summed E-state index contributed by atoms with van der Waals surface area (Å²) in [6.45, 7) is 0. The number of hydrogen-bond donors (Lipinski definition) is 0. The summed E-state index contributed by atoms with van der Waals surface area (Å²) < 4.78 is 9.29. The first kappa shape index (κ1) is 18.4. The van der Waals surface area contributed by atoms with Crippen molar-refractivity contribution < 1.29 is 4.74 Å². The van der Waals surface area contributed by atoms with Crippen molar-refractivity contribution in [2.24, 2.45) is 0 Å². The third kappa shape index (κ3) is 2.54. The maximum atomic E-state index is 14.3. The highest BCUT2D eigenvalue weighted by Gasteiger charge is 2.44. The Labute approximate surface area is 180 Å². The molecule has 0 unspecified atom stereocenters. The molecule has 1 fully saturated rings. The lowest BCUT2D eigenvalue weighted by molar-refractivity contribution is 0.284. The number of hydrogen-bond acceptors (Lipinski definition) is 4. The van der Waals surface area contributed by atoms with Crippen LogP contribution >= 0.6 is 0 Å². The van der Waals surface area contributed by atoms with E-state index in [1.54, 1.807) is 18.0 Å². The molecule has 156 valence electrons. The molecule has 0 aliphatic heterocycles. The number of ether oxygens (including phenoxy) is 1. The van der Waals surface area contributed by atoms with Crippen LogP contribution < -0.4 is 10.3 Å². The number of fused-ring (bicyclic) bond motifs is 6. The van der Waals surface area contributed by atoms with Gasteiger partial charge >= 0.3 is 0 Å². The predicted molar refractivity (Wildman–Crippen MR) is 119 cm³/mol. The average Bonchev–Trinajstić information content (AvgIpc) is 3.29. The van der Waals surface area contributed by atoms with E-state index in [4.69, 9.17) is 4.74 Å². The number of rotatable bonds is 2. The molecule has 2 aromatic carbocycles. The maximum absolute atomic E-state index is 14.3. The van der Waals surface area contributed by atoms with Crippen LogP contribution in [0.15, 0.2) is 59.7 Å². The molecule has 6 heteroatoms. The topological polar surface area (TPSA) is 61.4 Å². The van der Waals surface area contributed by atoms with Gasteiger partial charge in [-0.3, -0.25) is 9.20 Å². The molecule has 0 amide bonds. The zero-order valence-corrected chi connectivity index (χ0v) is 17.5. The van der Waals surface area contributed by atoms with Crippen molar-refractivity contribution in [2.75, 3.05) is 7.11 Å². The summed E-state index contributed by atoms with van der Waals surface area (Å²) >= 11 is 0. The molecule has 0 saturated heterocycles. The lowest BCUT2D eigenvalue weighted by Gasteiger charge is -2.42.